The minimum absolute atomic E-state index is 0.877. The highest BCUT2D eigenvalue weighted by atomic mass is 32.1. The van der Waals surface area contributed by atoms with E-state index in [9.17, 15) is 0 Å². The summed E-state index contributed by atoms with van der Waals surface area (Å²) in [5, 5.41) is 4.21. The summed E-state index contributed by atoms with van der Waals surface area (Å²) in [6.07, 6.45) is 3.61. The molecule has 4 aromatic rings. The number of nitrogens with zero attached hydrogens (tertiary/aromatic N) is 2. The van der Waals surface area contributed by atoms with Crippen molar-refractivity contribution in [2.24, 2.45) is 0 Å². The monoisotopic (exact) mass is 364 g/mol. The molecule has 4 heterocycles. The first-order chi connectivity index (χ1) is 12.2. The van der Waals surface area contributed by atoms with Crippen molar-refractivity contribution in [1.29, 1.82) is 0 Å². The summed E-state index contributed by atoms with van der Waals surface area (Å²) < 4.78 is 6.43. The Balaban J connectivity index is 1.78. The van der Waals surface area contributed by atoms with Crippen molar-refractivity contribution in [2.45, 2.75) is 13.8 Å². The molecule has 0 atom stereocenters. The second kappa shape index (κ2) is 6.78. The van der Waals surface area contributed by atoms with Crippen LogP contribution in [0.3, 0.4) is 0 Å². The molecule has 0 fully saturated rings. The fourth-order valence-electron chi connectivity index (χ4n) is 2.64. The number of ether oxygens (including phenoxy) is 1. The van der Waals surface area contributed by atoms with Crippen LogP contribution < -0.4 is 4.74 Å². The highest BCUT2D eigenvalue weighted by Gasteiger charge is 2.19. The van der Waals surface area contributed by atoms with Gasteiger partial charge in [-0.3, -0.25) is 9.97 Å². The van der Waals surface area contributed by atoms with Crippen LogP contribution >= 0.6 is 22.7 Å². The Morgan fingerprint density at radius 1 is 0.720 bits per heavy atom. The van der Waals surface area contributed by atoms with Gasteiger partial charge >= 0.3 is 0 Å². The van der Waals surface area contributed by atoms with Crippen LogP contribution in [-0.2, 0) is 0 Å². The molecular weight excluding hydrogens is 348 g/mol. The summed E-state index contributed by atoms with van der Waals surface area (Å²) >= 11 is 3.36. The van der Waals surface area contributed by atoms with E-state index in [0.717, 1.165) is 43.8 Å². The third-order valence-corrected chi connectivity index (χ3v) is 5.71. The Hall–Kier alpha value is -2.50. The van der Waals surface area contributed by atoms with Crippen molar-refractivity contribution in [1.82, 2.24) is 9.97 Å². The molecule has 0 aliphatic rings. The zero-order chi connectivity index (χ0) is 17.2. The Bertz CT molecular complexity index is 909. The fraction of sp³-hybridized carbons (Fsp3) is 0.100. The smallest absolute Gasteiger partial charge is 0.150 e. The van der Waals surface area contributed by atoms with Crippen LogP contribution in [0.5, 0.6) is 11.5 Å². The van der Waals surface area contributed by atoms with Gasteiger partial charge in [0.15, 0.2) is 0 Å². The van der Waals surface area contributed by atoms with Crippen molar-refractivity contribution >= 4 is 22.7 Å². The number of thiophene rings is 2. The first-order valence-electron chi connectivity index (χ1n) is 7.91. The quantitative estimate of drug-likeness (QED) is 0.423. The number of hydrogen-bond donors (Lipinski definition) is 0. The molecule has 0 N–H and O–H groups in total. The summed E-state index contributed by atoms with van der Waals surface area (Å²) in [5.74, 6) is 1.75. The summed E-state index contributed by atoms with van der Waals surface area (Å²) in [7, 11) is 0. The summed E-state index contributed by atoms with van der Waals surface area (Å²) in [6, 6.07) is 11.8. The Morgan fingerprint density at radius 2 is 1.20 bits per heavy atom. The molecule has 0 spiro atoms. The van der Waals surface area contributed by atoms with Gasteiger partial charge in [-0.25, -0.2) is 0 Å². The maximum absolute atomic E-state index is 6.43. The minimum Gasteiger partial charge on any atom is -0.454 e. The maximum atomic E-state index is 6.43. The van der Waals surface area contributed by atoms with E-state index < -0.39 is 0 Å². The van der Waals surface area contributed by atoms with E-state index in [1.807, 2.05) is 36.4 Å². The minimum atomic E-state index is 0.877. The second-order valence-electron chi connectivity index (χ2n) is 5.60. The zero-order valence-electron chi connectivity index (χ0n) is 13.9. The SMILES string of the molecule is Cc1scc(-c2ccccn2)c1Oc1c(-c2ccccn2)csc1C. The number of aryl methyl sites for hydroxylation is 2. The number of pyridine rings is 2. The molecule has 3 nitrogen and oxygen atoms in total. The predicted octanol–water partition coefficient (Wildman–Crippen LogP) is 6.34. The molecule has 25 heavy (non-hydrogen) atoms. The van der Waals surface area contributed by atoms with Gasteiger partial charge in [0, 0.05) is 32.9 Å². The normalized spacial score (nSPS) is 10.8. The molecule has 5 heteroatoms. The van der Waals surface area contributed by atoms with E-state index in [0.29, 0.717) is 0 Å². The predicted molar refractivity (Wildman–Crippen MR) is 105 cm³/mol. The van der Waals surface area contributed by atoms with Gasteiger partial charge in [0.25, 0.3) is 0 Å². The van der Waals surface area contributed by atoms with E-state index in [4.69, 9.17) is 4.74 Å². The topological polar surface area (TPSA) is 35.0 Å². The summed E-state index contributed by atoms with van der Waals surface area (Å²) in [6.45, 7) is 4.16. The average Bonchev–Trinajstić information content (AvgIpc) is 3.21. The van der Waals surface area contributed by atoms with Crippen LogP contribution in [0.1, 0.15) is 9.75 Å². The second-order valence-corrected chi connectivity index (χ2v) is 7.77. The van der Waals surface area contributed by atoms with Gasteiger partial charge in [-0.1, -0.05) is 12.1 Å². The molecule has 0 aliphatic heterocycles. The van der Waals surface area contributed by atoms with Gasteiger partial charge in [0.1, 0.15) is 11.5 Å². The van der Waals surface area contributed by atoms with E-state index in [1.165, 1.54) is 0 Å². The van der Waals surface area contributed by atoms with Gasteiger partial charge in [0.2, 0.25) is 0 Å². The Kier molecular flexibility index (Phi) is 4.34. The molecule has 0 aliphatic carbocycles. The van der Waals surface area contributed by atoms with Crippen molar-refractivity contribution in [3.8, 4) is 34.0 Å². The van der Waals surface area contributed by atoms with E-state index in [2.05, 4.69) is 34.6 Å². The molecule has 0 radical (unpaired) electrons. The van der Waals surface area contributed by atoms with Crippen LogP contribution in [0.25, 0.3) is 22.5 Å². The molecule has 0 bridgehead atoms. The molecule has 0 saturated heterocycles. The molecule has 0 saturated carbocycles. The van der Waals surface area contributed by atoms with Gasteiger partial charge in [-0.05, 0) is 38.1 Å². The maximum Gasteiger partial charge on any atom is 0.150 e. The number of rotatable bonds is 4. The lowest BCUT2D eigenvalue weighted by Gasteiger charge is -2.10. The van der Waals surface area contributed by atoms with Crippen molar-refractivity contribution in [3.05, 3.63) is 69.3 Å². The largest absolute Gasteiger partial charge is 0.454 e. The van der Waals surface area contributed by atoms with Crippen LogP contribution in [0.4, 0.5) is 0 Å². The van der Waals surface area contributed by atoms with Crippen molar-refractivity contribution < 1.29 is 4.74 Å². The van der Waals surface area contributed by atoms with Crippen LogP contribution in [0, 0.1) is 13.8 Å². The Labute approximate surface area is 154 Å². The molecule has 0 aromatic carbocycles. The first kappa shape index (κ1) is 16.0. The Morgan fingerprint density at radius 3 is 1.60 bits per heavy atom. The van der Waals surface area contributed by atoms with Gasteiger partial charge in [-0.2, -0.15) is 0 Å². The van der Waals surface area contributed by atoms with Crippen molar-refractivity contribution in [3.63, 3.8) is 0 Å². The van der Waals surface area contributed by atoms with Gasteiger partial charge in [-0.15, -0.1) is 22.7 Å². The number of hydrogen-bond acceptors (Lipinski definition) is 5. The van der Waals surface area contributed by atoms with Gasteiger partial charge in [0.05, 0.1) is 22.5 Å². The third-order valence-electron chi connectivity index (χ3n) is 3.92. The lowest BCUT2D eigenvalue weighted by molar-refractivity contribution is 0.484. The number of aromatic nitrogens is 2. The zero-order valence-corrected chi connectivity index (χ0v) is 15.5. The molecule has 124 valence electrons. The molecule has 4 rings (SSSR count). The van der Waals surface area contributed by atoms with Crippen LogP contribution in [0.2, 0.25) is 0 Å². The molecule has 4 aromatic heterocycles. The molecule has 0 unspecified atom stereocenters. The molecular formula is C20H16N2OS2. The highest BCUT2D eigenvalue weighted by Crippen LogP contribution is 2.45. The molecule has 0 amide bonds. The van der Waals surface area contributed by atoms with E-state index in [1.54, 1.807) is 35.1 Å². The van der Waals surface area contributed by atoms with E-state index >= 15 is 0 Å². The standard InChI is InChI=1S/C20H16N2OS2/c1-13-19(15(11-24-13)17-7-3-5-9-21-17)23-20-14(2)25-12-16(20)18-8-4-6-10-22-18/h3-12H,1-2H3. The van der Waals surface area contributed by atoms with Crippen LogP contribution in [0.15, 0.2) is 59.6 Å². The lowest BCUT2D eigenvalue weighted by Crippen LogP contribution is -1.91. The first-order valence-corrected chi connectivity index (χ1v) is 9.67. The highest BCUT2D eigenvalue weighted by molar-refractivity contribution is 7.11. The van der Waals surface area contributed by atoms with Crippen LogP contribution in [-0.4, -0.2) is 9.97 Å². The van der Waals surface area contributed by atoms with Gasteiger partial charge < -0.3 is 4.74 Å². The lowest BCUT2D eigenvalue weighted by atomic mass is 10.1. The third kappa shape index (κ3) is 3.08. The fourth-order valence-corrected chi connectivity index (χ4v) is 4.20. The van der Waals surface area contributed by atoms with Crippen molar-refractivity contribution in [2.75, 3.05) is 0 Å². The van der Waals surface area contributed by atoms with E-state index in [-0.39, 0.29) is 0 Å². The summed E-state index contributed by atoms with van der Waals surface area (Å²) in [4.78, 5) is 11.2. The summed E-state index contributed by atoms with van der Waals surface area (Å²) in [5.41, 5.74) is 3.91. The average molecular weight is 364 g/mol.